The number of halogens is 1. The highest BCUT2D eigenvalue weighted by Crippen LogP contribution is 2.18. The minimum absolute atomic E-state index is 0.0277. The molecule has 1 heterocycles. The molecular formula is C14H15BrO3. The molecule has 2 rings (SSSR count). The highest BCUT2D eigenvalue weighted by atomic mass is 79.9. The lowest BCUT2D eigenvalue weighted by Crippen LogP contribution is -2.00. The topological polar surface area (TPSA) is 39.4 Å². The van der Waals surface area contributed by atoms with Crippen LogP contribution in [0.25, 0.3) is 11.0 Å². The summed E-state index contributed by atoms with van der Waals surface area (Å²) in [6, 6.07) is 6.74. The fourth-order valence-electron chi connectivity index (χ4n) is 1.72. The first kappa shape index (κ1) is 13.1. The van der Waals surface area contributed by atoms with Gasteiger partial charge in [-0.3, -0.25) is 4.79 Å². The van der Waals surface area contributed by atoms with Gasteiger partial charge in [-0.2, -0.15) is 0 Å². The lowest BCUT2D eigenvalue weighted by Gasteiger charge is -2.06. The smallest absolute Gasteiger partial charge is 0.192 e. The minimum atomic E-state index is -0.0277. The summed E-state index contributed by atoms with van der Waals surface area (Å²) in [7, 11) is 0. The van der Waals surface area contributed by atoms with Gasteiger partial charge in [0.2, 0.25) is 0 Å². The molecule has 0 bridgehead atoms. The molecule has 4 heteroatoms. The van der Waals surface area contributed by atoms with Crippen LogP contribution in [0.2, 0.25) is 0 Å². The molecule has 0 spiro atoms. The monoisotopic (exact) mass is 310 g/mol. The summed E-state index contributed by atoms with van der Waals surface area (Å²) >= 11 is 3.40. The van der Waals surface area contributed by atoms with E-state index in [1.807, 2.05) is 6.07 Å². The zero-order valence-corrected chi connectivity index (χ0v) is 11.6. The highest BCUT2D eigenvalue weighted by Gasteiger charge is 2.02. The van der Waals surface area contributed by atoms with E-state index in [0.717, 1.165) is 30.3 Å². The molecule has 18 heavy (non-hydrogen) atoms. The number of hydrogen-bond acceptors (Lipinski definition) is 3. The van der Waals surface area contributed by atoms with E-state index in [0.29, 0.717) is 17.6 Å². The van der Waals surface area contributed by atoms with Crippen LogP contribution in [0.1, 0.15) is 19.3 Å². The number of alkyl halides is 1. The van der Waals surface area contributed by atoms with Gasteiger partial charge < -0.3 is 9.15 Å². The third kappa shape index (κ3) is 3.35. The van der Waals surface area contributed by atoms with Gasteiger partial charge in [-0.1, -0.05) is 15.9 Å². The zero-order valence-electron chi connectivity index (χ0n) is 10.0. The molecule has 0 N–H and O–H groups in total. The molecule has 0 aliphatic carbocycles. The average Bonchev–Trinajstić information content (AvgIpc) is 2.39. The van der Waals surface area contributed by atoms with Crippen LogP contribution in [-0.4, -0.2) is 11.9 Å². The summed E-state index contributed by atoms with van der Waals surface area (Å²) in [5.41, 5.74) is 0.542. The van der Waals surface area contributed by atoms with Crippen LogP contribution < -0.4 is 10.2 Å². The Kier molecular flexibility index (Phi) is 4.81. The van der Waals surface area contributed by atoms with E-state index in [2.05, 4.69) is 15.9 Å². The summed E-state index contributed by atoms with van der Waals surface area (Å²) in [5.74, 6) is 0.746. The number of unbranched alkanes of at least 4 members (excludes halogenated alkanes) is 2. The number of ether oxygens (including phenoxy) is 1. The quantitative estimate of drug-likeness (QED) is 0.603. The lowest BCUT2D eigenvalue weighted by molar-refractivity contribution is 0.306. The normalized spacial score (nSPS) is 10.7. The Morgan fingerprint density at radius 3 is 2.89 bits per heavy atom. The maximum atomic E-state index is 11.5. The SMILES string of the molecule is O=c1ccoc2cc(OCCCCCBr)ccc12. The van der Waals surface area contributed by atoms with Crippen LogP contribution in [0.15, 0.2) is 39.7 Å². The van der Waals surface area contributed by atoms with Gasteiger partial charge >= 0.3 is 0 Å². The Bertz CT molecular complexity index is 562. The van der Waals surface area contributed by atoms with E-state index in [-0.39, 0.29) is 5.43 Å². The third-order valence-electron chi connectivity index (χ3n) is 2.68. The summed E-state index contributed by atoms with van der Waals surface area (Å²) in [6.07, 6.45) is 4.75. The van der Waals surface area contributed by atoms with E-state index in [4.69, 9.17) is 9.15 Å². The van der Waals surface area contributed by atoms with Crippen LogP contribution >= 0.6 is 15.9 Å². The molecule has 0 aliphatic heterocycles. The van der Waals surface area contributed by atoms with Gasteiger partial charge in [0.25, 0.3) is 0 Å². The summed E-state index contributed by atoms with van der Waals surface area (Å²) in [4.78, 5) is 11.5. The molecule has 0 unspecified atom stereocenters. The highest BCUT2D eigenvalue weighted by molar-refractivity contribution is 9.09. The number of benzene rings is 1. The van der Waals surface area contributed by atoms with E-state index >= 15 is 0 Å². The van der Waals surface area contributed by atoms with Gasteiger partial charge in [-0.15, -0.1) is 0 Å². The number of hydrogen-bond donors (Lipinski definition) is 0. The molecule has 0 fully saturated rings. The molecule has 2 aromatic rings. The fraction of sp³-hybridized carbons (Fsp3) is 0.357. The fourth-order valence-corrected chi connectivity index (χ4v) is 2.11. The molecular weight excluding hydrogens is 296 g/mol. The van der Waals surface area contributed by atoms with E-state index in [1.54, 1.807) is 12.1 Å². The van der Waals surface area contributed by atoms with Crippen molar-refractivity contribution < 1.29 is 9.15 Å². The standard InChI is InChI=1S/C14H15BrO3/c15-7-2-1-3-8-17-11-4-5-12-13(16)6-9-18-14(12)10-11/h4-6,9-10H,1-3,7-8H2. The average molecular weight is 311 g/mol. The Morgan fingerprint density at radius 1 is 1.17 bits per heavy atom. The summed E-state index contributed by atoms with van der Waals surface area (Å²) < 4.78 is 10.9. The first-order valence-electron chi connectivity index (χ1n) is 6.01. The van der Waals surface area contributed by atoms with Crippen molar-refractivity contribution in [3.63, 3.8) is 0 Å². The molecule has 0 saturated carbocycles. The van der Waals surface area contributed by atoms with Crippen LogP contribution in [-0.2, 0) is 0 Å². The van der Waals surface area contributed by atoms with Crippen LogP contribution in [0, 0.1) is 0 Å². The van der Waals surface area contributed by atoms with Gasteiger partial charge in [-0.25, -0.2) is 0 Å². The van der Waals surface area contributed by atoms with Crippen molar-refractivity contribution in [3.8, 4) is 5.75 Å². The molecule has 96 valence electrons. The van der Waals surface area contributed by atoms with Crippen molar-refractivity contribution in [2.24, 2.45) is 0 Å². The van der Waals surface area contributed by atoms with Gasteiger partial charge in [0, 0.05) is 17.5 Å². The molecule has 0 aliphatic rings. The second kappa shape index (κ2) is 6.59. The lowest BCUT2D eigenvalue weighted by atomic mass is 10.2. The van der Waals surface area contributed by atoms with E-state index in [9.17, 15) is 4.79 Å². The second-order valence-corrected chi connectivity index (χ2v) is 4.83. The van der Waals surface area contributed by atoms with Crippen molar-refractivity contribution in [2.75, 3.05) is 11.9 Å². The second-order valence-electron chi connectivity index (χ2n) is 4.04. The van der Waals surface area contributed by atoms with E-state index < -0.39 is 0 Å². The largest absolute Gasteiger partial charge is 0.493 e. The minimum Gasteiger partial charge on any atom is -0.493 e. The number of fused-ring (bicyclic) bond motifs is 1. The number of rotatable bonds is 6. The van der Waals surface area contributed by atoms with Gasteiger partial charge in [0.05, 0.1) is 18.3 Å². The van der Waals surface area contributed by atoms with Gasteiger partial charge in [0.15, 0.2) is 5.43 Å². The van der Waals surface area contributed by atoms with Crippen LogP contribution in [0.4, 0.5) is 0 Å². The molecule has 0 atom stereocenters. The van der Waals surface area contributed by atoms with Crippen LogP contribution in [0.3, 0.4) is 0 Å². The zero-order chi connectivity index (χ0) is 12.8. The third-order valence-corrected chi connectivity index (χ3v) is 3.24. The van der Waals surface area contributed by atoms with Gasteiger partial charge in [-0.05, 0) is 31.4 Å². The van der Waals surface area contributed by atoms with Crippen molar-refractivity contribution in [3.05, 3.63) is 40.8 Å². The van der Waals surface area contributed by atoms with Crippen molar-refractivity contribution in [1.82, 2.24) is 0 Å². The maximum absolute atomic E-state index is 11.5. The Balaban J connectivity index is 2.00. The summed E-state index contributed by atoms with van der Waals surface area (Å²) in [6.45, 7) is 0.690. The maximum Gasteiger partial charge on any atom is 0.192 e. The molecule has 0 amide bonds. The van der Waals surface area contributed by atoms with E-state index in [1.165, 1.54) is 12.3 Å². The Hall–Kier alpha value is -1.29. The molecule has 1 aromatic carbocycles. The molecule has 3 nitrogen and oxygen atoms in total. The molecule has 1 aromatic heterocycles. The molecule has 0 radical (unpaired) electrons. The van der Waals surface area contributed by atoms with Crippen molar-refractivity contribution >= 4 is 26.9 Å². The van der Waals surface area contributed by atoms with Gasteiger partial charge in [0.1, 0.15) is 11.3 Å². The van der Waals surface area contributed by atoms with Crippen molar-refractivity contribution in [2.45, 2.75) is 19.3 Å². The Morgan fingerprint density at radius 2 is 2.06 bits per heavy atom. The molecule has 0 saturated heterocycles. The van der Waals surface area contributed by atoms with Crippen molar-refractivity contribution in [1.29, 1.82) is 0 Å². The predicted octanol–water partition coefficient (Wildman–Crippen LogP) is 3.74. The Labute approximate surface area is 114 Å². The van der Waals surface area contributed by atoms with Crippen LogP contribution in [0.5, 0.6) is 5.75 Å². The predicted molar refractivity (Wildman–Crippen MR) is 75.6 cm³/mol. The first-order chi connectivity index (χ1) is 8.81. The first-order valence-corrected chi connectivity index (χ1v) is 7.14. The summed E-state index contributed by atoms with van der Waals surface area (Å²) in [5, 5.41) is 1.62.